The molecule has 4 aromatic carbocycles. The minimum Gasteiger partial charge on any atom is -0.0683 e. The van der Waals surface area contributed by atoms with Crippen molar-refractivity contribution in [2.45, 2.75) is 40.0 Å². The Morgan fingerprint density at radius 3 is 0.933 bits per heavy atom. The van der Waals surface area contributed by atoms with Crippen LogP contribution in [0.1, 0.15) is 55.5 Å². The Hall–Kier alpha value is -3.12. The van der Waals surface area contributed by atoms with Crippen LogP contribution in [0.2, 0.25) is 0 Å². The maximum atomic E-state index is 2.27. The maximum Gasteiger partial charge on any atom is 0.0701 e. The van der Waals surface area contributed by atoms with Crippen molar-refractivity contribution in [3.63, 3.8) is 0 Å². The fourth-order valence-corrected chi connectivity index (χ4v) is 3.87. The van der Waals surface area contributed by atoms with E-state index in [0.717, 1.165) is 0 Å². The van der Waals surface area contributed by atoms with Gasteiger partial charge < -0.3 is 0 Å². The van der Waals surface area contributed by atoms with E-state index in [0.29, 0.717) is 0 Å². The SMILES string of the molecule is CC.CC.Cc1ccc(C(c2ccccc2)(c2ccccc2)c2ccccc2)cc1. The molecule has 0 radical (unpaired) electrons. The Bertz CT molecular complexity index is 856. The van der Waals surface area contributed by atoms with Gasteiger partial charge in [-0.25, -0.2) is 0 Å². The molecule has 30 heavy (non-hydrogen) atoms. The van der Waals surface area contributed by atoms with Crippen molar-refractivity contribution < 1.29 is 0 Å². The fraction of sp³-hybridized carbons (Fsp3) is 0.200. The Labute approximate surface area is 183 Å². The summed E-state index contributed by atoms with van der Waals surface area (Å²) in [4.78, 5) is 0. The molecule has 0 heteroatoms. The van der Waals surface area contributed by atoms with Gasteiger partial charge in [-0.2, -0.15) is 0 Å². The largest absolute Gasteiger partial charge is 0.0701 e. The standard InChI is InChI=1S/C26H22.2C2H6/c1-21-17-19-25(20-18-21)26(22-11-5-2-6-12-22,23-13-7-3-8-14-23)24-15-9-4-10-16-24;2*1-2/h2-20H,1H3;2*1-2H3. The van der Waals surface area contributed by atoms with E-state index in [1.807, 2.05) is 27.7 Å². The van der Waals surface area contributed by atoms with Gasteiger partial charge in [-0.3, -0.25) is 0 Å². The second-order valence-corrected chi connectivity index (χ2v) is 6.71. The maximum absolute atomic E-state index is 2.27. The molecule has 0 bridgehead atoms. The summed E-state index contributed by atoms with van der Waals surface area (Å²) in [6, 6.07) is 41.4. The zero-order valence-electron chi connectivity index (χ0n) is 19.0. The molecule has 0 heterocycles. The van der Waals surface area contributed by atoms with E-state index in [1.165, 1.54) is 27.8 Å². The van der Waals surface area contributed by atoms with Crippen LogP contribution >= 0.6 is 0 Å². The van der Waals surface area contributed by atoms with Crippen molar-refractivity contribution in [3.05, 3.63) is 143 Å². The van der Waals surface area contributed by atoms with Crippen LogP contribution in [-0.2, 0) is 5.41 Å². The number of benzene rings is 4. The lowest BCUT2D eigenvalue weighted by Crippen LogP contribution is -2.30. The molecule has 0 fully saturated rings. The van der Waals surface area contributed by atoms with Gasteiger partial charge in [0.1, 0.15) is 0 Å². The predicted molar refractivity (Wildman–Crippen MR) is 132 cm³/mol. The van der Waals surface area contributed by atoms with Crippen LogP contribution in [0, 0.1) is 6.92 Å². The van der Waals surface area contributed by atoms with Crippen molar-refractivity contribution in [1.29, 1.82) is 0 Å². The van der Waals surface area contributed by atoms with Crippen molar-refractivity contribution in [3.8, 4) is 0 Å². The van der Waals surface area contributed by atoms with Gasteiger partial charge >= 0.3 is 0 Å². The van der Waals surface area contributed by atoms with Gasteiger partial charge in [0.05, 0.1) is 5.41 Å². The van der Waals surface area contributed by atoms with Gasteiger partial charge in [0.2, 0.25) is 0 Å². The van der Waals surface area contributed by atoms with Gasteiger partial charge in [-0.1, -0.05) is 149 Å². The van der Waals surface area contributed by atoms with Crippen LogP contribution in [0.5, 0.6) is 0 Å². The van der Waals surface area contributed by atoms with E-state index in [4.69, 9.17) is 0 Å². The highest BCUT2D eigenvalue weighted by atomic mass is 14.4. The summed E-state index contributed by atoms with van der Waals surface area (Å²) in [7, 11) is 0. The predicted octanol–water partition coefficient (Wildman–Crippen LogP) is 8.43. The molecule has 0 amide bonds. The first-order chi connectivity index (χ1) is 14.8. The molecule has 154 valence electrons. The number of rotatable bonds is 4. The van der Waals surface area contributed by atoms with Crippen LogP contribution < -0.4 is 0 Å². The van der Waals surface area contributed by atoms with Crippen molar-refractivity contribution in [2.24, 2.45) is 0 Å². The van der Waals surface area contributed by atoms with Crippen molar-refractivity contribution in [1.82, 2.24) is 0 Å². The van der Waals surface area contributed by atoms with E-state index in [1.54, 1.807) is 0 Å². The second kappa shape index (κ2) is 11.8. The van der Waals surface area contributed by atoms with E-state index < -0.39 is 0 Å². The Balaban J connectivity index is 0.000000757. The minimum atomic E-state index is -0.336. The lowest BCUT2D eigenvalue weighted by Gasteiger charge is -2.36. The van der Waals surface area contributed by atoms with Gasteiger partial charge in [0.25, 0.3) is 0 Å². The lowest BCUT2D eigenvalue weighted by molar-refractivity contribution is 0.745. The van der Waals surface area contributed by atoms with Crippen molar-refractivity contribution >= 4 is 0 Å². The minimum absolute atomic E-state index is 0.336. The molecule has 0 N–H and O–H groups in total. The quantitative estimate of drug-likeness (QED) is 0.305. The zero-order valence-corrected chi connectivity index (χ0v) is 19.0. The molecular formula is C30H34. The first-order valence-electron chi connectivity index (χ1n) is 11.1. The number of hydrogen-bond acceptors (Lipinski definition) is 0. The van der Waals surface area contributed by atoms with Crippen LogP contribution in [-0.4, -0.2) is 0 Å². The molecule has 4 aromatic rings. The third kappa shape index (κ3) is 4.71. The summed E-state index contributed by atoms with van der Waals surface area (Å²) < 4.78 is 0. The molecule has 0 aromatic heterocycles. The van der Waals surface area contributed by atoms with E-state index in [-0.39, 0.29) is 5.41 Å². The molecule has 4 rings (SSSR count). The average Bonchev–Trinajstić information content (AvgIpc) is 2.85. The summed E-state index contributed by atoms with van der Waals surface area (Å²) in [5.74, 6) is 0. The molecular weight excluding hydrogens is 360 g/mol. The third-order valence-electron chi connectivity index (χ3n) is 5.10. The molecule has 0 aliphatic carbocycles. The molecule has 0 nitrogen and oxygen atoms in total. The molecule has 0 saturated heterocycles. The van der Waals surface area contributed by atoms with E-state index >= 15 is 0 Å². The fourth-order valence-electron chi connectivity index (χ4n) is 3.87. The topological polar surface area (TPSA) is 0 Å². The van der Waals surface area contributed by atoms with Gasteiger partial charge in [-0.05, 0) is 29.2 Å². The third-order valence-corrected chi connectivity index (χ3v) is 5.10. The monoisotopic (exact) mass is 394 g/mol. The zero-order chi connectivity index (χ0) is 21.8. The number of hydrogen-bond donors (Lipinski definition) is 0. The summed E-state index contributed by atoms with van der Waals surface area (Å²) in [5, 5.41) is 0. The van der Waals surface area contributed by atoms with Gasteiger partial charge in [0.15, 0.2) is 0 Å². The second-order valence-electron chi connectivity index (χ2n) is 6.71. The molecule has 0 unspecified atom stereocenters. The highest BCUT2D eigenvalue weighted by Crippen LogP contribution is 2.44. The smallest absolute Gasteiger partial charge is 0.0683 e. The number of aryl methyl sites for hydroxylation is 1. The summed E-state index contributed by atoms with van der Waals surface area (Å²) in [5.41, 5.74) is 6.06. The lowest BCUT2D eigenvalue weighted by atomic mass is 9.65. The van der Waals surface area contributed by atoms with Crippen LogP contribution in [0.3, 0.4) is 0 Å². The van der Waals surface area contributed by atoms with Crippen LogP contribution in [0.25, 0.3) is 0 Å². The first kappa shape index (κ1) is 23.2. The summed E-state index contributed by atoms with van der Waals surface area (Å²) >= 11 is 0. The molecule has 0 saturated carbocycles. The Morgan fingerprint density at radius 2 is 0.633 bits per heavy atom. The van der Waals surface area contributed by atoms with Gasteiger partial charge in [-0.15, -0.1) is 0 Å². The molecule has 0 aliphatic rings. The summed E-state index contributed by atoms with van der Waals surface area (Å²) in [6.45, 7) is 10.1. The highest BCUT2D eigenvalue weighted by molar-refractivity contribution is 5.59. The molecule has 0 spiro atoms. The van der Waals surface area contributed by atoms with E-state index in [2.05, 4.69) is 122 Å². The van der Waals surface area contributed by atoms with Gasteiger partial charge in [0, 0.05) is 0 Å². The van der Waals surface area contributed by atoms with E-state index in [9.17, 15) is 0 Å². The van der Waals surface area contributed by atoms with Crippen LogP contribution in [0.15, 0.2) is 115 Å². The average molecular weight is 395 g/mol. The first-order valence-corrected chi connectivity index (χ1v) is 11.1. The van der Waals surface area contributed by atoms with Crippen molar-refractivity contribution in [2.75, 3.05) is 0 Å². The molecule has 0 aliphatic heterocycles. The van der Waals surface area contributed by atoms with Crippen LogP contribution in [0.4, 0.5) is 0 Å². The Morgan fingerprint density at radius 1 is 0.367 bits per heavy atom. The highest BCUT2D eigenvalue weighted by Gasteiger charge is 2.37. The molecule has 0 atom stereocenters. The normalized spacial score (nSPS) is 10.2. The summed E-state index contributed by atoms with van der Waals surface area (Å²) in [6.07, 6.45) is 0. The Kier molecular flexibility index (Phi) is 9.09.